The molecule has 18 heavy (non-hydrogen) atoms. The Morgan fingerprint density at radius 3 is 2.56 bits per heavy atom. The highest BCUT2D eigenvalue weighted by molar-refractivity contribution is 6.36. The molecule has 0 fully saturated rings. The number of aliphatic hydroxyl groups is 1. The number of unbranched alkanes of at least 4 members (excludes halogenated alkanes) is 1. The zero-order valence-electron chi connectivity index (χ0n) is 10.2. The molecule has 1 rings (SSSR count). The lowest BCUT2D eigenvalue weighted by Gasteiger charge is -2.15. The van der Waals surface area contributed by atoms with Crippen LogP contribution in [0, 0.1) is 0 Å². The van der Waals surface area contributed by atoms with E-state index >= 15 is 0 Å². The van der Waals surface area contributed by atoms with Crippen molar-refractivity contribution >= 4 is 29.1 Å². The summed E-state index contributed by atoms with van der Waals surface area (Å²) < 4.78 is 0. The molecule has 0 heterocycles. The van der Waals surface area contributed by atoms with Gasteiger partial charge in [0.1, 0.15) is 0 Å². The second-order valence-electron chi connectivity index (χ2n) is 4.06. The lowest BCUT2D eigenvalue weighted by Crippen LogP contribution is -2.28. The van der Waals surface area contributed by atoms with Gasteiger partial charge in [0, 0.05) is 28.6 Å². The molecule has 5 heteroatoms. The molecule has 0 spiro atoms. The summed E-state index contributed by atoms with van der Waals surface area (Å²) in [7, 11) is 0. The summed E-state index contributed by atoms with van der Waals surface area (Å²) in [6.45, 7) is 2.14. The zero-order chi connectivity index (χ0) is 13.5. The molecule has 1 amide bonds. The number of hydrogen-bond acceptors (Lipinski definition) is 2. The van der Waals surface area contributed by atoms with Crippen molar-refractivity contribution in [2.75, 3.05) is 6.54 Å². The largest absolute Gasteiger partial charge is 0.386 e. The molecule has 0 radical (unpaired) electrons. The van der Waals surface area contributed by atoms with Gasteiger partial charge in [0.2, 0.25) is 5.91 Å². The van der Waals surface area contributed by atoms with Crippen molar-refractivity contribution in [3.05, 3.63) is 33.8 Å². The molecule has 0 saturated heterocycles. The fourth-order valence-electron chi connectivity index (χ4n) is 1.57. The van der Waals surface area contributed by atoms with E-state index in [0.717, 1.165) is 12.8 Å². The molecular formula is C13H17Cl2NO2. The van der Waals surface area contributed by atoms with Gasteiger partial charge in [0.05, 0.1) is 6.10 Å². The second-order valence-corrected chi connectivity index (χ2v) is 4.87. The summed E-state index contributed by atoms with van der Waals surface area (Å²) in [5.74, 6) is -0.0703. The Morgan fingerprint density at radius 1 is 1.39 bits per heavy atom. The maximum Gasteiger partial charge on any atom is 0.220 e. The first-order valence-electron chi connectivity index (χ1n) is 5.95. The van der Waals surface area contributed by atoms with Crippen molar-refractivity contribution in [2.45, 2.75) is 32.3 Å². The van der Waals surface area contributed by atoms with Crippen LogP contribution in [0.15, 0.2) is 18.2 Å². The smallest absolute Gasteiger partial charge is 0.220 e. The van der Waals surface area contributed by atoms with Crippen molar-refractivity contribution in [1.29, 1.82) is 0 Å². The third kappa shape index (κ3) is 4.48. The van der Waals surface area contributed by atoms with Gasteiger partial charge in [-0.3, -0.25) is 4.79 Å². The Labute approximate surface area is 117 Å². The molecule has 0 aliphatic heterocycles. The predicted octanol–water partition coefficient (Wildman–Crippen LogP) is 3.33. The number of rotatable bonds is 6. The number of hydrogen-bond donors (Lipinski definition) is 2. The van der Waals surface area contributed by atoms with E-state index in [-0.39, 0.29) is 12.5 Å². The molecule has 1 unspecified atom stereocenters. The van der Waals surface area contributed by atoms with Crippen LogP contribution < -0.4 is 5.32 Å². The summed E-state index contributed by atoms with van der Waals surface area (Å²) in [6.07, 6.45) is 1.39. The van der Waals surface area contributed by atoms with Crippen molar-refractivity contribution in [2.24, 2.45) is 0 Å². The highest BCUT2D eigenvalue weighted by Crippen LogP contribution is 2.29. The Morgan fingerprint density at radius 2 is 2.00 bits per heavy atom. The van der Waals surface area contributed by atoms with Crippen molar-refractivity contribution in [1.82, 2.24) is 5.32 Å². The van der Waals surface area contributed by atoms with Gasteiger partial charge in [-0.2, -0.15) is 0 Å². The van der Waals surface area contributed by atoms with Crippen LogP contribution in [0.2, 0.25) is 10.0 Å². The minimum atomic E-state index is -0.892. The summed E-state index contributed by atoms with van der Waals surface area (Å²) in [4.78, 5) is 11.4. The number of aliphatic hydroxyl groups excluding tert-OH is 1. The van der Waals surface area contributed by atoms with Crippen LogP contribution in [0.25, 0.3) is 0 Å². The van der Waals surface area contributed by atoms with Gasteiger partial charge in [-0.15, -0.1) is 0 Å². The first kappa shape index (κ1) is 15.3. The Balaban J connectivity index is 2.55. The van der Waals surface area contributed by atoms with Crippen molar-refractivity contribution in [3.8, 4) is 0 Å². The standard InChI is InChI=1S/C13H17Cl2NO2/c1-2-3-7-12(18)16-8-11(17)13-9(14)5-4-6-10(13)15/h4-6,11,17H,2-3,7-8H2,1H3,(H,16,18). The summed E-state index contributed by atoms with van der Waals surface area (Å²) in [6, 6.07) is 5.02. The first-order chi connectivity index (χ1) is 8.56. The van der Waals surface area contributed by atoms with Crippen molar-refractivity contribution < 1.29 is 9.90 Å². The monoisotopic (exact) mass is 289 g/mol. The normalized spacial score (nSPS) is 12.2. The van der Waals surface area contributed by atoms with Gasteiger partial charge in [-0.1, -0.05) is 42.6 Å². The van der Waals surface area contributed by atoms with Gasteiger partial charge in [0.15, 0.2) is 0 Å². The molecule has 1 aromatic rings. The maximum atomic E-state index is 11.4. The lowest BCUT2D eigenvalue weighted by molar-refractivity contribution is -0.121. The summed E-state index contributed by atoms with van der Waals surface area (Å²) in [5.41, 5.74) is 0.455. The van der Waals surface area contributed by atoms with Crippen molar-refractivity contribution in [3.63, 3.8) is 0 Å². The van der Waals surface area contributed by atoms with E-state index in [4.69, 9.17) is 23.2 Å². The molecular weight excluding hydrogens is 273 g/mol. The Hall–Kier alpha value is -0.770. The van der Waals surface area contributed by atoms with Gasteiger partial charge in [-0.05, 0) is 18.6 Å². The zero-order valence-corrected chi connectivity index (χ0v) is 11.8. The molecule has 0 aliphatic carbocycles. The molecule has 100 valence electrons. The lowest BCUT2D eigenvalue weighted by atomic mass is 10.1. The van der Waals surface area contributed by atoms with Crippen LogP contribution in [0.5, 0.6) is 0 Å². The third-order valence-corrected chi connectivity index (χ3v) is 3.24. The first-order valence-corrected chi connectivity index (χ1v) is 6.70. The van der Waals surface area contributed by atoms with Gasteiger partial charge >= 0.3 is 0 Å². The molecule has 1 aromatic carbocycles. The van der Waals surface area contributed by atoms with Crippen LogP contribution in [0.1, 0.15) is 37.9 Å². The third-order valence-electron chi connectivity index (χ3n) is 2.58. The number of halogens is 2. The molecule has 2 N–H and O–H groups in total. The highest BCUT2D eigenvalue weighted by Gasteiger charge is 2.15. The van der Waals surface area contributed by atoms with Crippen LogP contribution in [-0.4, -0.2) is 17.6 Å². The Kier molecular flexibility index (Phi) is 6.47. The van der Waals surface area contributed by atoms with Crippen LogP contribution in [0.3, 0.4) is 0 Å². The van der Waals surface area contributed by atoms with Gasteiger partial charge < -0.3 is 10.4 Å². The summed E-state index contributed by atoms with van der Waals surface area (Å²) in [5, 5.41) is 13.4. The van der Waals surface area contributed by atoms with Gasteiger partial charge in [0.25, 0.3) is 0 Å². The number of carbonyl (C=O) groups is 1. The quantitative estimate of drug-likeness (QED) is 0.844. The van der Waals surface area contributed by atoms with Crippen LogP contribution in [-0.2, 0) is 4.79 Å². The maximum absolute atomic E-state index is 11.4. The number of nitrogens with one attached hydrogen (secondary N) is 1. The molecule has 0 aromatic heterocycles. The number of amides is 1. The highest BCUT2D eigenvalue weighted by atomic mass is 35.5. The van der Waals surface area contributed by atoms with E-state index in [1.165, 1.54) is 0 Å². The minimum absolute atomic E-state index is 0.0703. The SMILES string of the molecule is CCCCC(=O)NCC(O)c1c(Cl)cccc1Cl. The second kappa shape index (κ2) is 7.62. The van der Waals surface area contributed by atoms with E-state index < -0.39 is 6.10 Å². The van der Waals surface area contributed by atoms with E-state index in [9.17, 15) is 9.90 Å². The molecule has 1 atom stereocenters. The summed E-state index contributed by atoms with van der Waals surface area (Å²) >= 11 is 11.9. The molecule has 3 nitrogen and oxygen atoms in total. The fourth-order valence-corrected chi connectivity index (χ4v) is 2.22. The minimum Gasteiger partial charge on any atom is -0.386 e. The van der Waals surface area contributed by atoms with Crippen LogP contribution in [0.4, 0.5) is 0 Å². The topological polar surface area (TPSA) is 49.3 Å². The van der Waals surface area contributed by atoms with E-state index in [2.05, 4.69) is 5.32 Å². The van der Waals surface area contributed by atoms with E-state index in [1.54, 1.807) is 18.2 Å². The number of benzene rings is 1. The number of carbonyl (C=O) groups excluding carboxylic acids is 1. The van der Waals surface area contributed by atoms with E-state index in [1.807, 2.05) is 6.92 Å². The van der Waals surface area contributed by atoms with E-state index in [0.29, 0.717) is 22.0 Å². The van der Waals surface area contributed by atoms with Gasteiger partial charge in [-0.25, -0.2) is 0 Å². The average molecular weight is 290 g/mol. The molecule has 0 saturated carbocycles. The average Bonchev–Trinajstić information content (AvgIpc) is 2.33. The van der Waals surface area contributed by atoms with Crippen LogP contribution >= 0.6 is 23.2 Å². The molecule has 0 bridgehead atoms. The Bertz CT molecular complexity index is 390. The predicted molar refractivity (Wildman–Crippen MR) is 74.0 cm³/mol. The molecule has 0 aliphatic rings. The fraction of sp³-hybridized carbons (Fsp3) is 0.462.